The van der Waals surface area contributed by atoms with Gasteiger partial charge in [0.25, 0.3) is 0 Å². The number of nitrogens with two attached hydrogens (primary N) is 1. The number of nitrogens with zero attached hydrogens (tertiary/aromatic N) is 1. The minimum Gasteiger partial charge on any atom is -0.399 e. The number of hydrogen-bond acceptors (Lipinski definition) is 2. The van der Waals surface area contributed by atoms with Crippen LogP contribution in [-0.4, -0.2) is 24.4 Å². The van der Waals surface area contributed by atoms with Crippen LogP contribution in [0.4, 0.5) is 5.69 Å². The van der Waals surface area contributed by atoms with Crippen molar-refractivity contribution in [3.8, 4) is 0 Å². The number of carbonyl (C=O) groups is 1. The standard InChI is InChI=1S/C15H22N2O.ClH/c1-3-4-7-12-17(2)15(18)11-10-13-8-5-6-9-14(13)16;/h3,5-6,8-9H,1,4,7,10-12,16H2,2H3;1H. The second-order valence-electron chi connectivity index (χ2n) is 4.45. The first-order valence-electron chi connectivity index (χ1n) is 6.33. The number of unbranched alkanes of at least 4 members (excludes halogenated alkanes) is 1. The van der Waals surface area contributed by atoms with Gasteiger partial charge in [0.2, 0.25) is 5.91 Å². The minimum atomic E-state index is 0. The Balaban J connectivity index is 0.00000324. The van der Waals surface area contributed by atoms with E-state index in [-0.39, 0.29) is 18.3 Å². The summed E-state index contributed by atoms with van der Waals surface area (Å²) in [4.78, 5) is 13.7. The Morgan fingerprint density at radius 3 is 2.74 bits per heavy atom. The van der Waals surface area contributed by atoms with E-state index in [9.17, 15) is 4.79 Å². The molecule has 0 unspecified atom stereocenters. The summed E-state index contributed by atoms with van der Waals surface area (Å²) >= 11 is 0. The molecule has 19 heavy (non-hydrogen) atoms. The molecular weight excluding hydrogens is 260 g/mol. The lowest BCUT2D eigenvalue weighted by Gasteiger charge is -2.16. The van der Waals surface area contributed by atoms with Crippen molar-refractivity contribution < 1.29 is 4.79 Å². The maximum atomic E-state index is 11.9. The fourth-order valence-corrected chi connectivity index (χ4v) is 1.79. The highest BCUT2D eigenvalue weighted by Gasteiger charge is 2.08. The van der Waals surface area contributed by atoms with Gasteiger partial charge in [-0.15, -0.1) is 19.0 Å². The molecule has 1 aromatic rings. The van der Waals surface area contributed by atoms with Crippen LogP contribution >= 0.6 is 12.4 Å². The number of hydrogen-bond donors (Lipinski definition) is 1. The molecular formula is C15H23ClN2O. The van der Waals surface area contributed by atoms with Crippen LogP contribution in [0.2, 0.25) is 0 Å². The highest BCUT2D eigenvalue weighted by Crippen LogP contribution is 2.13. The number of benzene rings is 1. The Labute approximate surface area is 121 Å². The van der Waals surface area contributed by atoms with Gasteiger partial charge < -0.3 is 10.6 Å². The Bertz CT molecular complexity index is 407. The third-order valence-electron chi connectivity index (χ3n) is 2.99. The molecule has 4 heteroatoms. The zero-order valence-electron chi connectivity index (χ0n) is 11.5. The topological polar surface area (TPSA) is 46.3 Å². The lowest BCUT2D eigenvalue weighted by molar-refractivity contribution is -0.129. The molecule has 3 nitrogen and oxygen atoms in total. The summed E-state index contributed by atoms with van der Waals surface area (Å²) in [6.07, 6.45) is 5.02. The zero-order valence-corrected chi connectivity index (χ0v) is 12.3. The molecule has 0 aliphatic carbocycles. The van der Waals surface area contributed by atoms with Crippen LogP contribution in [-0.2, 0) is 11.2 Å². The Hall–Kier alpha value is -1.48. The van der Waals surface area contributed by atoms with E-state index in [1.807, 2.05) is 37.4 Å². The van der Waals surface area contributed by atoms with Crippen molar-refractivity contribution >= 4 is 24.0 Å². The van der Waals surface area contributed by atoms with Crippen LogP contribution in [0, 0.1) is 0 Å². The molecule has 0 aromatic heterocycles. The first-order chi connectivity index (χ1) is 8.65. The summed E-state index contributed by atoms with van der Waals surface area (Å²) < 4.78 is 0. The number of rotatable bonds is 7. The van der Waals surface area contributed by atoms with E-state index in [1.54, 1.807) is 4.90 Å². The van der Waals surface area contributed by atoms with E-state index in [1.165, 1.54) is 0 Å². The lowest BCUT2D eigenvalue weighted by atomic mass is 10.1. The van der Waals surface area contributed by atoms with Crippen LogP contribution in [0.5, 0.6) is 0 Å². The first-order valence-corrected chi connectivity index (χ1v) is 6.33. The number of carbonyl (C=O) groups excluding carboxylic acids is 1. The Kier molecular flexibility index (Phi) is 8.71. The average molecular weight is 283 g/mol. The van der Waals surface area contributed by atoms with Crippen LogP contribution in [0.15, 0.2) is 36.9 Å². The lowest BCUT2D eigenvalue weighted by Crippen LogP contribution is -2.27. The van der Waals surface area contributed by atoms with Crippen LogP contribution in [0.3, 0.4) is 0 Å². The number of aryl methyl sites for hydroxylation is 1. The first kappa shape index (κ1) is 17.5. The molecule has 1 rings (SSSR count). The van der Waals surface area contributed by atoms with Crippen LogP contribution < -0.4 is 5.73 Å². The molecule has 0 aliphatic heterocycles. The number of allylic oxidation sites excluding steroid dienone is 1. The molecule has 0 radical (unpaired) electrons. The maximum Gasteiger partial charge on any atom is 0.222 e. The van der Waals surface area contributed by atoms with Crippen molar-refractivity contribution in [2.75, 3.05) is 19.3 Å². The van der Waals surface area contributed by atoms with Crippen LogP contribution in [0.25, 0.3) is 0 Å². The summed E-state index contributed by atoms with van der Waals surface area (Å²) in [6.45, 7) is 4.46. The highest BCUT2D eigenvalue weighted by atomic mass is 35.5. The van der Waals surface area contributed by atoms with Gasteiger partial charge >= 0.3 is 0 Å². The fourth-order valence-electron chi connectivity index (χ4n) is 1.79. The van der Waals surface area contributed by atoms with Crippen molar-refractivity contribution in [1.82, 2.24) is 4.90 Å². The third kappa shape index (κ3) is 6.30. The normalized spacial score (nSPS) is 9.53. The molecule has 0 fully saturated rings. The van der Waals surface area contributed by atoms with E-state index in [0.717, 1.165) is 30.6 Å². The molecule has 2 N–H and O–H groups in total. The summed E-state index contributed by atoms with van der Waals surface area (Å²) in [5, 5.41) is 0. The molecule has 0 bridgehead atoms. The van der Waals surface area contributed by atoms with Crippen molar-refractivity contribution in [3.63, 3.8) is 0 Å². The molecule has 0 spiro atoms. The quantitative estimate of drug-likeness (QED) is 0.475. The van der Waals surface area contributed by atoms with Gasteiger partial charge in [-0.3, -0.25) is 4.79 Å². The van der Waals surface area contributed by atoms with E-state index < -0.39 is 0 Å². The number of halogens is 1. The van der Waals surface area contributed by atoms with E-state index >= 15 is 0 Å². The van der Waals surface area contributed by atoms with Crippen molar-refractivity contribution in [2.45, 2.75) is 25.7 Å². The Morgan fingerprint density at radius 2 is 2.11 bits per heavy atom. The highest BCUT2D eigenvalue weighted by molar-refractivity contribution is 5.85. The predicted molar refractivity (Wildman–Crippen MR) is 83.5 cm³/mol. The van der Waals surface area contributed by atoms with Crippen molar-refractivity contribution in [2.24, 2.45) is 0 Å². The zero-order chi connectivity index (χ0) is 13.4. The van der Waals surface area contributed by atoms with Gasteiger partial charge in [-0.05, 0) is 30.9 Å². The number of amides is 1. The molecule has 0 saturated heterocycles. The predicted octanol–water partition coefficient (Wildman–Crippen LogP) is 3.05. The third-order valence-corrected chi connectivity index (χ3v) is 2.99. The maximum absolute atomic E-state index is 11.9. The van der Waals surface area contributed by atoms with Gasteiger partial charge in [-0.1, -0.05) is 24.3 Å². The van der Waals surface area contributed by atoms with Gasteiger partial charge in [0, 0.05) is 25.7 Å². The molecule has 0 heterocycles. The van der Waals surface area contributed by atoms with Crippen molar-refractivity contribution in [3.05, 3.63) is 42.5 Å². The number of para-hydroxylation sites is 1. The van der Waals surface area contributed by atoms with E-state index in [0.29, 0.717) is 12.8 Å². The molecule has 0 atom stereocenters. The van der Waals surface area contributed by atoms with Gasteiger partial charge in [0.1, 0.15) is 0 Å². The largest absolute Gasteiger partial charge is 0.399 e. The minimum absolute atomic E-state index is 0. The van der Waals surface area contributed by atoms with Crippen LogP contribution in [0.1, 0.15) is 24.8 Å². The van der Waals surface area contributed by atoms with Gasteiger partial charge in [0.05, 0.1) is 0 Å². The van der Waals surface area contributed by atoms with E-state index in [2.05, 4.69) is 6.58 Å². The Morgan fingerprint density at radius 1 is 1.42 bits per heavy atom. The summed E-state index contributed by atoms with van der Waals surface area (Å²) in [7, 11) is 1.85. The van der Waals surface area contributed by atoms with Crippen molar-refractivity contribution in [1.29, 1.82) is 0 Å². The fraction of sp³-hybridized carbons (Fsp3) is 0.400. The van der Waals surface area contributed by atoms with E-state index in [4.69, 9.17) is 5.73 Å². The summed E-state index contributed by atoms with van der Waals surface area (Å²) in [6, 6.07) is 7.69. The smallest absolute Gasteiger partial charge is 0.222 e. The van der Waals surface area contributed by atoms with Gasteiger partial charge in [-0.25, -0.2) is 0 Å². The second kappa shape index (κ2) is 9.45. The SMILES string of the molecule is C=CCCCN(C)C(=O)CCc1ccccc1N.Cl. The second-order valence-corrected chi connectivity index (χ2v) is 4.45. The molecule has 0 saturated carbocycles. The molecule has 0 aliphatic rings. The average Bonchev–Trinajstić information content (AvgIpc) is 2.37. The van der Waals surface area contributed by atoms with Gasteiger partial charge in [-0.2, -0.15) is 0 Å². The summed E-state index contributed by atoms with van der Waals surface area (Å²) in [5.41, 5.74) is 7.66. The number of anilines is 1. The van der Waals surface area contributed by atoms with Gasteiger partial charge in [0.15, 0.2) is 0 Å². The molecule has 1 amide bonds. The monoisotopic (exact) mass is 282 g/mol. The summed E-state index contributed by atoms with van der Waals surface area (Å²) in [5.74, 6) is 0.169. The number of nitrogen functional groups attached to an aromatic ring is 1. The molecule has 106 valence electrons. The molecule has 1 aromatic carbocycles.